The molecule has 6 heteroatoms. The van der Waals surface area contributed by atoms with Crippen LogP contribution in [0, 0.1) is 0 Å². The first-order valence-corrected chi connectivity index (χ1v) is 7.52. The molecule has 1 aliphatic rings. The molecule has 23 heavy (non-hydrogen) atoms. The largest absolute Gasteiger partial charge is 0.497 e. The van der Waals surface area contributed by atoms with Gasteiger partial charge in [-0.2, -0.15) is 0 Å². The van der Waals surface area contributed by atoms with E-state index in [1.807, 2.05) is 38.1 Å². The fraction of sp³-hybridized carbons (Fsp3) is 0.412. The normalized spacial score (nSPS) is 17.1. The van der Waals surface area contributed by atoms with Gasteiger partial charge in [0, 0.05) is 18.2 Å². The van der Waals surface area contributed by atoms with Gasteiger partial charge in [-0.3, -0.25) is 4.79 Å². The number of ether oxygens (including phenoxy) is 2. The summed E-state index contributed by atoms with van der Waals surface area (Å²) in [4.78, 5) is 14.5. The fourth-order valence-electron chi connectivity index (χ4n) is 2.66. The number of hydrogen-bond acceptors (Lipinski definition) is 5. The van der Waals surface area contributed by atoms with E-state index in [-0.39, 0.29) is 11.4 Å². The average Bonchev–Trinajstić information content (AvgIpc) is 3.04. The van der Waals surface area contributed by atoms with Crippen LogP contribution >= 0.6 is 0 Å². The first kappa shape index (κ1) is 15.6. The van der Waals surface area contributed by atoms with E-state index < -0.39 is 0 Å². The van der Waals surface area contributed by atoms with Gasteiger partial charge in [-0.25, -0.2) is 0 Å². The Morgan fingerprint density at radius 1 is 1.35 bits per heavy atom. The van der Waals surface area contributed by atoms with E-state index in [0.29, 0.717) is 31.2 Å². The van der Waals surface area contributed by atoms with Crippen LogP contribution in [0.2, 0.25) is 0 Å². The van der Waals surface area contributed by atoms with Crippen molar-refractivity contribution in [1.82, 2.24) is 10.1 Å². The van der Waals surface area contributed by atoms with Crippen molar-refractivity contribution in [2.24, 2.45) is 0 Å². The quantitative estimate of drug-likeness (QED) is 0.871. The summed E-state index contributed by atoms with van der Waals surface area (Å²) in [6, 6.07) is 9.11. The lowest BCUT2D eigenvalue weighted by molar-refractivity contribution is -0.0374. The minimum atomic E-state index is -0.357. The number of nitrogens with zero attached hydrogens (tertiary/aromatic N) is 2. The predicted molar refractivity (Wildman–Crippen MR) is 84.4 cm³/mol. The molecule has 1 saturated heterocycles. The fourth-order valence-corrected chi connectivity index (χ4v) is 2.66. The molecule has 2 heterocycles. The van der Waals surface area contributed by atoms with Crippen LogP contribution in [-0.2, 0) is 4.74 Å². The SMILES string of the molecule is COc1cccc(-c2cc(C(=O)N3CCOCC3(C)C)no2)c1. The van der Waals surface area contributed by atoms with Crippen LogP contribution in [0.25, 0.3) is 11.3 Å². The third kappa shape index (κ3) is 3.07. The molecule has 0 N–H and O–H groups in total. The Morgan fingerprint density at radius 2 is 2.17 bits per heavy atom. The highest BCUT2D eigenvalue weighted by Gasteiger charge is 2.35. The Kier molecular flexibility index (Phi) is 4.09. The van der Waals surface area contributed by atoms with Gasteiger partial charge in [0.05, 0.1) is 25.9 Å². The molecule has 2 aromatic rings. The molecule has 122 valence electrons. The lowest BCUT2D eigenvalue weighted by Crippen LogP contribution is -2.55. The molecule has 0 saturated carbocycles. The average molecular weight is 316 g/mol. The van der Waals surface area contributed by atoms with Crippen molar-refractivity contribution >= 4 is 5.91 Å². The van der Waals surface area contributed by atoms with Crippen LogP contribution in [0.3, 0.4) is 0 Å². The first-order chi connectivity index (χ1) is 11.0. The molecular formula is C17H20N2O4. The molecule has 0 unspecified atom stereocenters. The maximum atomic E-state index is 12.7. The standard InChI is InChI=1S/C17H20N2O4/c1-17(2)11-22-8-7-19(17)16(20)14-10-15(23-18-14)12-5-4-6-13(9-12)21-3/h4-6,9-10H,7-8,11H2,1-3H3. The highest BCUT2D eigenvalue weighted by Crippen LogP contribution is 2.26. The van der Waals surface area contributed by atoms with Crippen LogP contribution in [-0.4, -0.2) is 48.4 Å². The van der Waals surface area contributed by atoms with Gasteiger partial charge in [0.25, 0.3) is 5.91 Å². The maximum absolute atomic E-state index is 12.7. The van der Waals surface area contributed by atoms with Gasteiger partial charge in [-0.1, -0.05) is 17.3 Å². The van der Waals surface area contributed by atoms with Crippen LogP contribution in [0.5, 0.6) is 5.75 Å². The number of hydrogen-bond donors (Lipinski definition) is 0. The van der Waals surface area contributed by atoms with Gasteiger partial charge < -0.3 is 18.9 Å². The van der Waals surface area contributed by atoms with Crippen molar-refractivity contribution in [2.75, 3.05) is 26.9 Å². The Balaban J connectivity index is 1.85. The van der Waals surface area contributed by atoms with Crippen molar-refractivity contribution in [1.29, 1.82) is 0 Å². The Bertz CT molecular complexity index is 708. The number of morpholine rings is 1. The molecule has 1 aromatic heterocycles. The van der Waals surface area contributed by atoms with Crippen LogP contribution in [0.15, 0.2) is 34.9 Å². The first-order valence-electron chi connectivity index (χ1n) is 7.52. The highest BCUT2D eigenvalue weighted by atomic mass is 16.5. The van der Waals surface area contributed by atoms with E-state index in [1.165, 1.54) is 0 Å². The van der Waals surface area contributed by atoms with E-state index in [4.69, 9.17) is 14.0 Å². The number of benzene rings is 1. The summed E-state index contributed by atoms with van der Waals surface area (Å²) in [7, 11) is 1.61. The topological polar surface area (TPSA) is 64.8 Å². The zero-order valence-electron chi connectivity index (χ0n) is 13.5. The summed E-state index contributed by atoms with van der Waals surface area (Å²) in [5, 5.41) is 3.94. The van der Waals surface area contributed by atoms with E-state index >= 15 is 0 Å². The minimum Gasteiger partial charge on any atom is -0.497 e. The zero-order chi connectivity index (χ0) is 16.4. The maximum Gasteiger partial charge on any atom is 0.276 e. The molecule has 0 atom stereocenters. The summed E-state index contributed by atoms with van der Waals surface area (Å²) >= 11 is 0. The van der Waals surface area contributed by atoms with E-state index in [2.05, 4.69) is 5.16 Å². The molecule has 0 aliphatic carbocycles. The molecule has 1 amide bonds. The molecule has 1 aromatic carbocycles. The molecule has 0 radical (unpaired) electrons. The van der Waals surface area contributed by atoms with Gasteiger partial charge in [0.15, 0.2) is 11.5 Å². The second-order valence-electron chi connectivity index (χ2n) is 6.13. The number of methoxy groups -OCH3 is 1. The third-order valence-electron chi connectivity index (χ3n) is 3.97. The Morgan fingerprint density at radius 3 is 2.91 bits per heavy atom. The molecule has 0 spiro atoms. The van der Waals surface area contributed by atoms with Crippen LogP contribution in [0.1, 0.15) is 24.3 Å². The number of carbonyl (C=O) groups excluding carboxylic acids is 1. The second kappa shape index (κ2) is 6.04. The van der Waals surface area contributed by atoms with Gasteiger partial charge in [0.2, 0.25) is 0 Å². The van der Waals surface area contributed by atoms with Crippen LogP contribution < -0.4 is 4.74 Å². The van der Waals surface area contributed by atoms with Gasteiger partial charge in [0.1, 0.15) is 5.75 Å². The van der Waals surface area contributed by atoms with Gasteiger partial charge in [-0.05, 0) is 26.0 Å². The minimum absolute atomic E-state index is 0.142. The Labute approximate surface area is 135 Å². The van der Waals surface area contributed by atoms with E-state index in [1.54, 1.807) is 18.1 Å². The van der Waals surface area contributed by atoms with Gasteiger partial charge >= 0.3 is 0 Å². The summed E-state index contributed by atoms with van der Waals surface area (Å²) in [6.45, 7) is 5.56. The number of amides is 1. The Hall–Kier alpha value is -2.34. The molecule has 1 fully saturated rings. The number of carbonyl (C=O) groups is 1. The second-order valence-corrected chi connectivity index (χ2v) is 6.13. The number of rotatable bonds is 3. The summed E-state index contributed by atoms with van der Waals surface area (Å²) < 4.78 is 16.0. The summed E-state index contributed by atoms with van der Waals surface area (Å²) in [5.74, 6) is 1.12. The number of aromatic nitrogens is 1. The van der Waals surface area contributed by atoms with Crippen molar-refractivity contribution in [3.63, 3.8) is 0 Å². The van der Waals surface area contributed by atoms with Crippen molar-refractivity contribution in [2.45, 2.75) is 19.4 Å². The lowest BCUT2D eigenvalue weighted by atomic mass is 10.0. The van der Waals surface area contributed by atoms with E-state index in [0.717, 1.165) is 11.3 Å². The molecule has 3 rings (SSSR count). The monoisotopic (exact) mass is 316 g/mol. The van der Waals surface area contributed by atoms with Crippen molar-refractivity contribution in [3.05, 3.63) is 36.0 Å². The van der Waals surface area contributed by atoms with Crippen molar-refractivity contribution < 1.29 is 18.8 Å². The third-order valence-corrected chi connectivity index (χ3v) is 3.97. The molecule has 6 nitrogen and oxygen atoms in total. The van der Waals surface area contributed by atoms with E-state index in [9.17, 15) is 4.79 Å². The van der Waals surface area contributed by atoms with Crippen LogP contribution in [0.4, 0.5) is 0 Å². The predicted octanol–water partition coefficient (Wildman–Crippen LogP) is 2.60. The summed E-state index contributed by atoms with van der Waals surface area (Å²) in [6.07, 6.45) is 0. The van der Waals surface area contributed by atoms with Crippen molar-refractivity contribution in [3.8, 4) is 17.1 Å². The molecule has 0 bridgehead atoms. The van der Waals surface area contributed by atoms with Gasteiger partial charge in [-0.15, -0.1) is 0 Å². The molecular weight excluding hydrogens is 296 g/mol. The lowest BCUT2D eigenvalue weighted by Gasteiger charge is -2.41. The molecule has 1 aliphatic heterocycles. The smallest absolute Gasteiger partial charge is 0.276 e. The summed E-state index contributed by atoms with van der Waals surface area (Å²) in [5.41, 5.74) is 0.764. The highest BCUT2D eigenvalue weighted by molar-refractivity contribution is 5.93. The zero-order valence-corrected chi connectivity index (χ0v) is 13.5.